The normalized spacial score (nSPS) is 33.3. The molecule has 5 nitrogen and oxygen atoms in total. The van der Waals surface area contributed by atoms with Crippen LogP contribution < -0.4 is 9.80 Å². The molecule has 1 aromatic rings. The lowest BCUT2D eigenvalue weighted by atomic mass is 9.92. The van der Waals surface area contributed by atoms with E-state index < -0.39 is 5.92 Å². The molecule has 4 atom stereocenters. The first kappa shape index (κ1) is 17.3. The van der Waals surface area contributed by atoms with Gasteiger partial charge in [-0.2, -0.15) is 13.8 Å². The zero-order valence-electron chi connectivity index (χ0n) is 15.9. The van der Waals surface area contributed by atoms with E-state index in [0.717, 1.165) is 31.9 Å². The Morgan fingerprint density at radius 3 is 2.59 bits per heavy atom. The summed E-state index contributed by atoms with van der Waals surface area (Å²) in [5, 5.41) is 0. The summed E-state index contributed by atoms with van der Waals surface area (Å²) in [5.41, 5.74) is 0.598. The molecule has 2 saturated heterocycles. The Kier molecular flexibility index (Phi) is 3.75. The average molecular weight is 376 g/mol. The first-order valence-electron chi connectivity index (χ1n) is 10.2. The molecule has 3 fully saturated rings. The fourth-order valence-electron chi connectivity index (χ4n) is 5.26. The molecule has 2 unspecified atom stereocenters. The molecular weight excluding hydrogens is 350 g/mol. The fraction of sp³-hybridized carbons (Fsp3) is 0.750. The second-order valence-electron chi connectivity index (χ2n) is 8.87. The molecule has 2 aliphatic heterocycles. The number of fused-ring (bicyclic) bond motifs is 2. The first-order chi connectivity index (χ1) is 12.8. The van der Waals surface area contributed by atoms with Gasteiger partial charge < -0.3 is 14.6 Å². The minimum atomic E-state index is -2.87. The monoisotopic (exact) mass is 376 g/mol. The highest BCUT2D eigenvalue weighted by molar-refractivity contribution is 5.76. The molecule has 5 rings (SSSR count). The Bertz CT molecular complexity index is 786. The summed E-state index contributed by atoms with van der Waals surface area (Å²) in [4.78, 5) is 24.8. The van der Waals surface area contributed by atoms with Crippen LogP contribution in [0.2, 0.25) is 0 Å². The topological polar surface area (TPSA) is 49.3 Å². The smallest absolute Gasteiger partial charge is 0.290 e. The minimum Gasteiger partial charge on any atom is -0.356 e. The van der Waals surface area contributed by atoms with Crippen LogP contribution in [0.1, 0.15) is 50.8 Å². The Morgan fingerprint density at radius 1 is 1.26 bits per heavy atom. The van der Waals surface area contributed by atoms with Crippen LogP contribution in [0.25, 0.3) is 0 Å². The third-order valence-electron chi connectivity index (χ3n) is 7.01. The molecule has 0 amide bonds. The van der Waals surface area contributed by atoms with E-state index in [-0.39, 0.29) is 17.9 Å². The van der Waals surface area contributed by atoms with Gasteiger partial charge in [-0.05, 0) is 50.9 Å². The second-order valence-corrected chi connectivity index (χ2v) is 8.87. The van der Waals surface area contributed by atoms with Crippen molar-refractivity contribution in [2.75, 3.05) is 29.4 Å². The Balaban J connectivity index is 1.47. The van der Waals surface area contributed by atoms with E-state index in [4.69, 9.17) is 4.98 Å². The fourth-order valence-corrected chi connectivity index (χ4v) is 5.26. The van der Waals surface area contributed by atoms with E-state index in [1.807, 2.05) is 4.90 Å². The molecule has 146 valence electrons. The average Bonchev–Trinajstić information content (AvgIpc) is 3.03. The van der Waals surface area contributed by atoms with Crippen LogP contribution in [-0.4, -0.2) is 41.4 Å². The summed E-state index contributed by atoms with van der Waals surface area (Å²) in [6, 6.07) is 0.306. The lowest BCUT2D eigenvalue weighted by Gasteiger charge is -2.40. The number of piperidine rings is 1. The number of anilines is 2. The van der Waals surface area contributed by atoms with Gasteiger partial charge in [-0.15, -0.1) is 0 Å². The highest BCUT2D eigenvalue weighted by atomic mass is 19.3. The summed E-state index contributed by atoms with van der Waals surface area (Å²) >= 11 is 0. The zero-order chi connectivity index (χ0) is 18.9. The van der Waals surface area contributed by atoms with Crippen molar-refractivity contribution in [3.05, 3.63) is 11.3 Å². The molecule has 3 heterocycles. The molecule has 2 aliphatic carbocycles. The molecule has 4 aliphatic rings. The molecule has 0 N–H and O–H groups in total. The van der Waals surface area contributed by atoms with Crippen LogP contribution in [0.15, 0.2) is 0 Å². The molecular formula is C20H26F2N4O. The van der Waals surface area contributed by atoms with Crippen LogP contribution in [-0.2, 0) is 17.1 Å². The lowest BCUT2D eigenvalue weighted by molar-refractivity contribution is -0.117. The van der Waals surface area contributed by atoms with Crippen molar-refractivity contribution in [3.63, 3.8) is 0 Å². The van der Waals surface area contributed by atoms with Crippen molar-refractivity contribution < 1.29 is 13.6 Å². The number of halogens is 2. The summed E-state index contributed by atoms with van der Waals surface area (Å²) < 4.78 is 29.3. The number of aromatic nitrogens is 2. The van der Waals surface area contributed by atoms with Crippen molar-refractivity contribution >= 4 is 17.5 Å². The number of rotatable bonds is 4. The summed E-state index contributed by atoms with van der Waals surface area (Å²) in [6.45, 7) is 6.22. The molecule has 0 aromatic carbocycles. The Morgan fingerprint density at radius 2 is 2.00 bits per heavy atom. The molecule has 0 spiro atoms. The molecule has 7 heteroatoms. The summed E-state index contributed by atoms with van der Waals surface area (Å²) in [6.07, 6.45) is 2.67. The minimum absolute atomic E-state index is 0.0475. The molecule has 1 saturated carbocycles. The number of Topliss-reactive ketones (excluding diaryl/α,β-unsaturated/α-hetero) is 1. The number of carbonyl (C=O) groups is 1. The van der Waals surface area contributed by atoms with Crippen LogP contribution in [0.3, 0.4) is 0 Å². The van der Waals surface area contributed by atoms with Crippen LogP contribution >= 0.6 is 0 Å². The quantitative estimate of drug-likeness (QED) is 0.808. The van der Waals surface area contributed by atoms with Crippen molar-refractivity contribution in [2.24, 2.45) is 17.8 Å². The van der Waals surface area contributed by atoms with Gasteiger partial charge in [0.2, 0.25) is 5.95 Å². The highest BCUT2D eigenvalue weighted by Crippen LogP contribution is 2.55. The van der Waals surface area contributed by atoms with Gasteiger partial charge in [0.05, 0.1) is 0 Å². The molecule has 0 bridgehead atoms. The van der Waals surface area contributed by atoms with Crippen molar-refractivity contribution in [3.8, 4) is 0 Å². The predicted octanol–water partition coefficient (Wildman–Crippen LogP) is 3.16. The van der Waals surface area contributed by atoms with Crippen LogP contribution in [0, 0.1) is 17.8 Å². The second kappa shape index (κ2) is 5.85. The van der Waals surface area contributed by atoms with Gasteiger partial charge in [-0.1, -0.05) is 0 Å². The van der Waals surface area contributed by atoms with E-state index in [0.29, 0.717) is 54.6 Å². The number of hydrogen-bond acceptors (Lipinski definition) is 5. The van der Waals surface area contributed by atoms with Gasteiger partial charge in [0.15, 0.2) is 0 Å². The van der Waals surface area contributed by atoms with Gasteiger partial charge in [0.25, 0.3) is 5.92 Å². The highest BCUT2D eigenvalue weighted by Gasteiger charge is 2.56. The largest absolute Gasteiger partial charge is 0.356 e. The third kappa shape index (κ3) is 2.72. The lowest BCUT2D eigenvalue weighted by Crippen LogP contribution is -2.47. The van der Waals surface area contributed by atoms with E-state index in [9.17, 15) is 13.6 Å². The van der Waals surface area contributed by atoms with Gasteiger partial charge >= 0.3 is 0 Å². The van der Waals surface area contributed by atoms with Gasteiger partial charge in [0.1, 0.15) is 17.3 Å². The number of alkyl halides is 2. The summed E-state index contributed by atoms with van der Waals surface area (Å²) in [7, 11) is 0. The van der Waals surface area contributed by atoms with Crippen molar-refractivity contribution in [1.82, 2.24) is 9.97 Å². The van der Waals surface area contributed by atoms with E-state index in [2.05, 4.69) is 16.8 Å². The molecule has 1 aromatic heterocycles. The maximum absolute atomic E-state index is 14.7. The third-order valence-corrected chi connectivity index (χ3v) is 7.01. The van der Waals surface area contributed by atoms with E-state index >= 15 is 0 Å². The summed E-state index contributed by atoms with van der Waals surface area (Å²) in [5.74, 6) is 0.0625. The Hall–Kier alpha value is -1.79. The van der Waals surface area contributed by atoms with Gasteiger partial charge in [-0.3, -0.25) is 0 Å². The zero-order valence-corrected chi connectivity index (χ0v) is 15.9. The van der Waals surface area contributed by atoms with E-state index in [1.165, 1.54) is 0 Å². The van der Waals surface area contributed by atoms with Crippen LogP contribution in [0.4, 0.5) is 20.5 Å². The number of nitrogens with zero attached hydrogens (tertiary/aromatic N) is 4. The first-order valence-corrected chi connectivity index (χ1v) is 10.2. The predicted molar refractivity (Wildman–Crippen MR) is 98.3 cm³/mol. The number of carbonyl (C=O) groups excluding carboxylic acids is 1. The van der Waals surface area contributed by atoms with Gasteiger partial charge in [-0.25, -0.2) is 4.98 Å². The van der Waals surface area contributed by atoms with Crippen molar-refractivity contribution in [2.45, 2.75) is 57.9 Å². The SMILES string of the molecule is CC(=O)CC1[C@H]2CN(c3nc(N4CCC4C)nc4c3CCCC4(F)F)C[C@@H]12. The number of ketones is 1. The van der Waals surface area contributed by atoms with Crippen molar-refractivity contribution in [1.29, 1.82) is 0 Å². The Labute approximate surface area is 158 Å². The molecule has 27 heavy (non-hydrogen) atoms. The number of hydrogen-bond donors (Lipinski definition) is 0. The van der Waals surface area contributed by atoms with Crippen LogP contribution in [0.5, 0.6) is 0 Å². The maximum Gasteiger partial charge on any atom is 0.290 e. The maximum atomic E-state index is 14.7. The van der Waals surface area contributed by atoms with E-state index in [1.54, 1.807) is 6.92 Å². The molecule has 0 radical (unpaired) electrons. The standard InChI is InChI=1S/C20H26F2N4O/c1-11-5-7-26(11)19-23-17-13(4-3-6-20(17,21)22)18(24-19)25-9-15-14(8-12(2)27)16(15)10-25/h11,14-16H,3-10H2,1-2H3/t11?,14?,15-,16+. The van der Waals surface area contributed by atoms with Gasteiger partial charge in [0, 0.05) is 44.1 Å².